The van der Waals surface area contributed by atoms with Gasteiger partial charge in [-0.1, -0.05) is 50.1 Å². The van der Waals surface area contributed by atoms with Crippen LogP contribution >= 0.6 is 0 Å². The van der Waals surface area contributed by atoms with Gasteiger partial charge in [0, 0.05) is 11.5 Å². The Morgan fingerprint density at radius 3 is 2.53 bits per heavy atom. The summed E-state index contributed by atoms with van der Waals surface area (Å²) >= 11 is 0. The van der Waals surface area contributed by atoms with Crippen molar-refractivity contribution in [2.75, 3.05) is 0 Å². The van der Waals surface area contributed by atoms with Crippen LogP contribution in [0.5, 0.6) is 0 Å². The van der Waals surface area contributed by atoms with Crippen molar-refractivity contribution >= 4 is 5.78 Å². The topological polar surface area (TPSA) is 37.3 Å². The van der Waals surface area contributed by atoms with Crippen molar-refractivity contribution in [2.45, 2.75) is 38.7 Å². The zero-order valence-electron chi connectivity index (χ0n) is 10.3. The third-order valence-electron chi connectivity index (χ3n) is 3.90. The number of hydrogen-bond donors (Lipinski definition) is 1. The van der Waals surface area contributed by atoms with Crippen LogP contribution in [0.4, 0.5) is 0 Å². The molecule has 1 fully saturated rings. The second-order valence-corrected chi connectivity index (χ2v) is 5.03. The summed E-state index contributed by atoms with van der Waals surface area (Å²) in [6.07, 6.45) is 3.74. The maximum absolute atomic E-state index is 12.3. The van der Waals surface area contributed by atoms with Gasteiger partial charge in [0.1, 0.15) is 0 Å². The van der Waals surface area contributed by atoms with E-state index in [1.165, 1.54) is 0 Å². The van der Waals surface area contributed by atoms with Gasteiger partial charge in [0.15, 0.2) is 5.78 Å². The highest BCUT2D eigenvalue weighted by Gasteiger charge is 2.32. The quantitative estimate of drug-likeness (QED) is 0.813. The van der Waals surface area contributed by atoms with Gasteiger partial charge < -0.3 is 5.11 Å². The summed E-state index contributed by atoms with van der Waals surface area (Å²) in [6, 6.07) is 9.40. The van der Waals surface area contributed by atoms with E-state index in [0.29, 0.717) is 0 Å². The first-order valence-electron chi connectivity index (χ1n) is 6.47. The molecule has 1 aromatic rings. The van der Waals surface area contributed by atoms with Gasteiger partial charge >= 0.3 is 0 Å². The molecular weight excluding hydrogens is 212 g/mol. The number of rotatable bonds is 3. The Morgan fingerprint density at radius 2 is 1.88 bits per heavy atom. The predicted octanol–water partition coefficient (Wildman–Crippen LogP) is 3.06. The molecule has 2 nitrogen and oxygen atoms in total. The Morgan fingerprint density at radius 1 is 1.24 bits per heavy atom. The third-order valence-corrected chi connectivity index (χ3v) is 3.90. The minimum Gasteiger partial charge on any atom is -0.393 e. The van der Waals surface area contributed by atoms with Crippen molar-refractivity contribution in [3.63, 3.8) is 0 Å². The van der Waals surface area contributed by atoms with E-state index >= 15 is 0 Å². The first-order chi connectivity index (χ1) is 8.20. The van der Waals surface area contributed by atoms with Crippen LogP contribution in [-0.4, -0.2) is 17.0 Å². The molecule has 92 valence electrons. The SMILES string of the molecule is CC(C(=O)c1ccccc1)C1CCCCC1O. The van der Waals surface area contributed by atoms with E-state index in [1.54, 1.807) is 0 Å². The molecule has 1 aromatic carbocycles. The Kier molecular flexibility index (Phi) is 3.95. The molecule has 0 spiro atoms. The lowest BCUT2D eigenvalue weighted by Gasteiger charge is -2.31. The highest BCUT2D eigenvalue weighted by atomic mass is 16.3. The molecule has 1 saturated carbocycles. The number of carbonyl (C=O) groups excluding carboxylic acids is 1. The fourth-order valence-corrected chi connectivity index (χ4v) is 2.78. The molecule has 1 N–H and O–H groups in total. The van der Waals surface area contributed by atoms with E-state index in [2.05, 4.69) is 0 Å². The van der Waals surface area contributed by atoms with Crippen LogP contribution in [0, 0.1) is 11.8 Å². The second kappa shape index (κ2) is 5.46. The number of ketones is 1. The Bertz CT molecular complexity index is 372. The average Bonchev–Trinajstić information content (AvgIpc) is 2.39. The average molecular weight is 232 g/mol. The van der Waals surface area contributed by atoms with E-state index in [4.69, 9.17) is 0 Å². The minimum atomic E-state index is -0.300. The molecule has 2 heteroatoms. The number of carbonyl (C=O) groups is 1. The van der Waals surface area contributed by atoms with Gasteiger partial charge in [-0.2, -0.15) is 0 Å². The highest BCUT2D eigenvalue weighted by Crippen LogP contribution is 2.32. The van der Waals surface area contributed by atoms with Gasteiger partial charge in [-0.3, -0.25) is 4.79 Å². The Balaban J connectivity index is 2.09. The molecule has 0 radical (unpaired) electrons. The van der Waals surface area contributed by atoms with Crippen LogP contribution in [0.1, 0.15) is 43.0 Å². The van der Waals surface area contributed by atoms with Crippen molar-refractivity contribution in [3.05, 3.63) is 35.9 Å². The van der Waals surface area contributed by atoms with Gasteiger partial charge in [0.2, 0.25) is 0 Å². The molecule has 3 atom stereocenters. The standard InChI is InChI=1S/C15H20O2/c1-11(13-9-5-6-10-14(13)16)15(17)12-7-3-2-4-8-12/h2-4,7-8,11,13-14,16H,5-6,9-10H2,1H3. The van der Waals surface area contributed by atoms with Crippen LogP contribution in [0.25, 0.3) is 0 Å². The number of hydrogen-bond acceptors (Lipinski definition) is 2. The fourth-order valence-electron chi connectivity index (χ4n) is 2.78. The number of aliphatic hydroxyl groups excluding tert-OH is 1. The van der Waals surface area contributed by atoms with Crippen molar-refractivity contribution in [1.29, 1.82) is 0 Å². The molecule has 1 aliphatic rings. The van der Waals surface area contributed by atoms with Crippen molar-refractivity contribution in [1.82, 2.24) is 0 Å². The molecule has 3 unspecified atom stereocenters. The summed E-state index contributed by atoms with van der Waals surface area (Å²) in [5, 5.41) is 9.98. The predicted molar refractivity (Wildman–Crippen MR) is 67.9 cm³/mol. The molecule has 0 heterocycles. The monoisotopic (exact) mass is 232 g/mol. The molecule has 17 heavy (non-hydrogen) atoms. The number of benzene rings is 1. The summed E-state index contributed by atoms with van der Waals surface area (Å²) in [7, 11) is 0. The lowest BCUT2D eigenvalue weighted by atomic mass is 9.76. The zero-order valence-corrected chi connectivity index (χ0v) is 10.3. The molecule has 2 rings (SSSR count). The first kappa shape index (κ1) is 12.3. The van der Waals surface area contributed by atoms with Crippen molar-refractivity contribution in [2.24, 2.45) is 11.8 Å². The van der Waals surface area contributed by atoms with Crippen molar-refractivity contribution in [3.8, 4) is 0 Å². The molecule has 0 saturated heterocycles. The largest absolute Gasteiger partial charge is 0.393 e. The molecular formula is C15H20O2. The van der Waals surface area contributed by atoms with Gasteiger partial charge in [0.05, 0.1) is 6.10 Å². The summed E-state index contributed by atoms with van der Waals surface area (Å²) in [5.41, 5.74) is 0.762. The maximum atomic E-state index is 12.3. The van der Waals surface area contributed by atoms with Crippen LogP contribution < -0.4 is 0 Å². The fraction of sp³-hybridized carbons (Fsp3) is 0.533. The molecule has 0 bridgehead atoms. The molecule has 1 aliphatic carbocycles. The van der Waals surface area contributed by atoms with Gasteiger partial charge in [-0.25, -0.2) is 0 Å². The molecule has 0 aromatic heterocycles. The van der Waals surface area contributed by atoms with Gasteiger partial charge in [-0.05, 0) is 18.8 Å². The summed E-state index contributed by atoms with van der Waals surface area (Å²) in [5.74, 6) is 0.223. The lowest BCUT2D eigenvalue weighted by molar-refractivity contribution is 0.0374. The zero-order chi connectivity index (χ0) is 12.3. The van der Waals surface area contributed by atoms with E-state index in [0.717, 1.165) is 31.2 Å². The summed E-state index contributed by atoms with van der Waals surface area (Å²) in [6.45, 7) is 1.95. The Labute approximate surface area is 103 Å². The lowest BCUT2D eigenvalue weighted by Crippen LogP contribution is -2.33. The smallest absolute Gasteiger partial charge is 0.166 e. The van der Waals surface area contributed by atoms with E-state index in [9.17, 15) is 9.90 Å². The van der Waals surface area contributed by atoms with Gasteiger partial charge in [-0.15, -0.1) is 0 Å². The first-order valence-corrected chi connectivity index (χ1v) is 6.47. The summed E-state index contributed by atoms with van der Waals surface area (Å²) < 4.78 is 0. The number of Topliss-reactive ketones (excluding diaryl/α,β-unsaturated/α-hetero) is 1. The van der Waals surface area contributed by atoms with E-state index in [1.807, 2.05) is 37.3 Å². The van der Waals surface area contributed by atoms with Crippen LogP contribution in [0.15, 0.2) is 30.3 Å². The van der Waals surface area contributed by atoms with Crippen LogP contribution in [-0.2, 0) is 0 Å². The molecule has 0 aliphatic heterocycles. The minimum absolute atomic E-state index is 0.0762. The normalized spacial score (nSPS) is 26.5. The Hall–Kier alpha value is -1.15. The van der Waals surface area contributed by atoms with Crippen LogP contribution in [0.3, 0.4) is 0 Å². The third kappa shape index (κ3) is 2.75. The van der Waals surface area contributed by atoms with E-state index in [-0.39, 0.29) is 23.7 Å². The molecule has 0 amide bonds. The number of aliphatic hydroxyl groups is 1. The van der Waals surface area contributed by atoms with Crippen LogP contribution in [0.2, 0.25) is 0 Å². The van der Waals surface area contributed by atoms with Gasteiger partial charge in [0.25, 0.3) is 0 Å². The van der Waals surface area contributed by atoms with Crippen molar-refractivity contribution < 1.29 is 9.90 Å². The van der Waals surface area contributed by atoms with E-state index < -0.39 is 0 Å². The summed E-state index contributed by atoms with van der Waals surface area (Å²) in [4.78, 5) is 12.3. The highest BCUT2D eigenvalue weighted by molar-refractivity contribution is 5.97. The maximum Gasteiger partial charge on any atom is 0.166 e. The second-order valence-electron chi connectivity index (χ2n) is 5.03.